The Labute approximate surface area is 140 Å². The summed E-state index contributed by atoms with van der Waals surface area (Å²) in [6.45, 7) is 1.48. The zero-order valence-corrected chi connectivity index (χ0v) is 13.3. The van der Waals surface area contributed by atoms with Gasteiger partial charge in [0.25, 0.3) is 0 Å². The number of hydrogen-bond acceptors (Lipinski definition) is 6. The molecular weight excluding hydrogens is 336 g/mol. The van der Waals surface area contributed by atoms with Gasteiger partial charge in [-0.05, 0) is 25.1 Å². The quantitative estimate of drug-likeness (QED) is 0.652. The third-order valence-corrected chi connectivity index (χ3v) is 5.03. The van der Waals surface area contributed by atoms with Gasteiger partial charge in [0.05, 0.1) is 12.0 Å². The number of nitrogens with two attached hydrogens (primary N) is 1. The summed E-state index contributed by atoms with van der Waals surface area (Å²) in [4.78, 5) is 35.9. The van der Waals surface area contributed by atoms with E-state index >= 15 is 0 Å². The lowest BCUT2D eigenvalue weighted by molar-refractivity contribution is -0.156. The Morgan fingerprint density at radius 3 is 2.71 bits per heavy atom. The minimum absolute atomic E-state index is 0.0330. The molecule has 4 N–H and O–H groups in total. The van der Waals surface area contributed by atoms with E-state index in [2.05, 4.69) is 0 Å². The number of aliphatic carboxylic acids is 1. The van der Waals surface area contributed by atoms with Crippen LogP contribution in [0.25, 0.3) is 0 Å². The van der Waals surface area contributed by atoms with E-state index in [0.717, 1.165) is 16.7 Å². The van der Waals surface area contributed by atoms with Gasteiger partial charge in [0.1, 0.15) is 11.1 Å². The number of aliphatic hydroxyl groups excluding tert-OH is 1. The maximum Gasteiger partial charge on any atom is 0.357 e. The molecule has 1 aromatic carbocycles. The first-order chi connectivity index (χ1) is 11.3. The van der Waals surface area contributed by atoms with Crippen molar-refractivity contribution in [3.63, 3.8) is 0 Å². The van der Waals surface area contributed by atoms with Crippen molar-refractivity contribution in [3.05, 3.63) is 40.6 Å². The van der Waals surface area contributed by atoms with Crippen molar-refractivity contribution in [2.75, 3.05) is 0 Å². The molecule has 2 aliphatic rings. The first-order valence-corrected chi connectivity index (χ1v) is 7.92. The van der Waals surface area contributed by atoms with Gasteiger partial charge < -0.3 is 20.7 Å². The molecule has 0 bridgehead atoms. The van der Waals surface area contributed by atoms with Crippen molar-refractivity contribution in [2.45, 2.75) is 18.4 Å². The molecule has 1 saturated heterocycles. The van der Waals surface area contributed by atoms with Gasteiger partial charge in [0.2, 0.25) is 11.8 Å². The Bertz CT molecular complexity index is 775. The smallest absolute Gasteiger partial charge is 0.357 e. The van der Waals surface area contributed by atoms with Gasteiger partial charge in [-0.3, -0.25) is 14.5 Å². The Kier molecular flexibility index (Phi) is 3.98. The molecule has 0 radical (unpaired) electrons. The standard InChI is InChI=1S/C15H14N2O6S/c1-6(18)9-12(20)17-10(14(21)22)15(24-13(9)17)23-8-4-2-3-7(5-8)11(16)19/h2-6,9,13,18H,1H3,(H2,16,19)(H,21,22)/t6-,9+,13-/m1/s1. The van der Waals surface area contributed by atoms with Gasteiger partial charge in [-0.25, -0.2) is 4.79 Å². The number of carboxylic acid groups (broad SMARTS) is 1. The van der Waals surface area contributed by atoms with Crippen LogP contribution in [0.5, 0.6) is 5.75 Å². The number of aliphatic hydroxyl groups is 1. The Morgan fingerprint density at radius 1 is 1.42 bits per heavy atom. The average Bonchev–Trinajstić information content (AvgIpc) is 2.81. The highest BCUT2D eigenvalue weighted by Gasteiger charge is 2.58. The van der Waals surface area contributed by atoms with Crippen LogP contribution in [0.4, 0.5) is 0 Å². The zero-order valence-electron chi connectivity index (χ0n) is 12.5. The molecule has 126 valence electrons. The predicted molar refractivity (Wildman–Crippen MR) is 83.6 cm³/mol. The maximum atomic E-state index is 12.1. The van der Waals surface area contributed by atoms with E-state index in [9.17, 15) is 24.6 Å². The number of β-lactam (4-membered cyclic amide) rings is 1. The van der Waals surface area contributed by atoms with Gasteiger partial charge >= 0.3 is 5.97 Å². The number of amides is 2. The van der Waals surface area contributed by atoms with E-state index < -0.39 is 35.2 Å². The van der Waals surface area contributed by atoms with Crippen LogP contribution in [-0.4, -0.2) is 44.4 Å². The van der Waals surface area contributed by atoms with Crippen LogP contribution < -0.4 is 10.5 Å². The van der Waals surface area contributed by atoms with E-state index in [0.29, 0.717) is 0 Å². The average molecular weight is 350 g/mol. The van der Waals surface area contributed by atoms with Crippen LogP contribution in [0.15, 0.2) is 35.1 Å². The number of carboxylic acids is 1. The van der Waals surface area contributed by atoms with E-state index in [4.69, 9.17) is 10.5 Å². The number of hydrogen-bond donors (Lipinski definition) is 3. The van der Waals surface area contributed by atoms with E-state index in [1.54, 1.807) is 12.1 Å². The van der Waals surface area contributed by atoms with Crippen LogP contribution in [0.1, 0.15) is 17.3 Å². The van der Waals surface area contributed by atoms with Gasteiger partial charge in [-0.1, -0.05) is 17.8 Å². The van der Waals surface area contributed by atoms with Gasteiger partial charge in [-0.15, -0.1) is 0 Å². The lowest BCUT2D eigenvalue weighted by atomic mass is 9.92. The molecule has 1 fully saturated rings. The topological polar surface area (TPSA) is 130 Å². The zero-order chi connectivity index (χ0) is 17.6. The lowest BCUT2D eigenvalue weighted by Gasteiger charge is -2.43. The fourth-order valence-electron chi connectivity index (χ4n) is 2.64. The molecule has 0 unspecified atom stereocenters. The number of nitrogens with zero attached hydrogens (tertiary/aromatic N) is 1. The second-order valence-electron chi connectivity index (χ2n) is 5.42. The second kappa shape index (κ2) is 5.84. The SMILES string of the molecule is C[C@@H](O)[C@H]1C(=O)N2C(C(=O)O)=C(Oc3cccc(C(N)=O)c3)S[C@H]12. The molecule has 2 aliphatic heterocycles. The number of benzene rings is 1. The highest BCUT2D eigenvalue weighted by Crippen LogP contribution is 2.50. The van der Waals surface area contributed by atoms with Crippen LogP contribution >= 0.6 is 11.8 Å². The highest BCUT2D eigenvalue weighted by atomic mass is 32.2. The summed E-state index contributed by atoms with van der Waals surface area (Å²) in [5.74, 6) is -2.84. The fraction of sp³-hybridized carbons (Fsp3) is 0.267. The van der Waals surface area contributed by atoms with E-state index in [1.807, 2.05) is 0 Å². The van der Waals surface area contributed by atoms with Crippen LogP contribution in [0.2, 0.25) is 0 Å². The Morgan fingerprint density at radius 2 is 2.12 bits per heavy atom. The molecule has 8 nitrogen and oxygen atoms in total. The molecule has 1 aromatic rings. The summed E-state index contributed by atoms with van der Waals surface area (Å²) < 4.78 is 5.58. The first kappa shape index (κ1) is 16.3. The maximum absolute atomic E-state index is 12.1. The molecule has 24 heavy (non-hydrogen) atoms. The summed E-state index contributed by atoms with van der Waals surface area (Å²) in [7, 11) is 0. The molecule has 3 atom stereocenters. The van der Waals surface area contributed by atoms with Gasteiger partial charge in [0.15, 0.2) is 10.8 Å². The Balaban J connectivity index is 1.90. The molecule has 3 rings (SSSR count). The molecule has 0 spiro atoms. The summed E-state index contributed by atoms with van der Waals surface area (Å²) in [5.41, 5.74) is 5.15. The van der Waals surface area contributed by atoms with Gasteiger partial charge in [0, 0.05) is 5.56 Å². The summed E-state index contributed by atoms with van der Waals surface area (Å²) in [6, 6.07) is 5.99. The third-order valence-electron chi connectivity index (χ3n) is 3.80. The molecule has 2 heterocycles. The number of primary amides is 1. The molecule has 0 saturated carbocycles. The minimum Gasteiger partial charge on any atom is -0.476 e. The lowest BCUT2D eigenvalue weighted by Crippen LogP contribution is -2.60. The fourth-order valence-corrected chi connectivity index (χ4v) is 4.11. The normalized spacial score (nSPS) is 23.6. The predicted octanol–water partition coefficient (Wildman–Crippen LogP) is 0.330. The number of fused-ring (bicyclic) bond motifs is 1. The van der Waals surface area contributed by atoms with Crippen molar-refractivity contribution < 1.29 is 29.3 Å². The Hall–Kier alpha value is -2.52. The summed E-state index contributed by atoms with van der Waals surface area (Å²) in [5, 5.41) is 18.6. The third kappa shape index (κ3) is 2.51. The monoisotopic (exact) mass is 350 g/mol. The molecular formula is C15H14N2O6S. The van der Waals surface area contributed by atoms with Crippen molar-refractivity contribution in [2.24, 2.45) is 11.7 Å². The van der Waals surface area contributed by atoms with Crippen molar-refractivity contribution in [3.8, 4) is 5.75 Å². The minimum atomic E-state index is -1.30. The number of ether oxygens (including phenoxy) is 1. The van der Waals surface area contributed by atoms with Crippen molar-refractivity contribution in [1.29, 1.82) is 0 Å². The van der Waals surface area contributed by atoms with Crippen LogP contribution in [-0.2, 0) is 9.59 Å². The van der Waals surface area contributed by atoms with E-state index in [-0.39, 0.29) is 22.1 Å². The first-order valence-electron chi connectivity index (χ1n) is 7.04. The van der Waals surface area contributed by atoms with Gasteiger partial charge in [-0.2, -0.15) is 0 Å². The van der Waals surface area contributed by atoms with Crippen LogP contribution in [0, 0.1) is 5.92 Å². The molecule has 0 aliphatic carbocycles. The summed E-state index contributed by atoms with van der Waals surface area (Å²) >= 11 is 1.05. The number of rotatable bonds is 5. The van der Waals surface area contributed by atoms with Crippen molar-refractivity contribution >= 4 is 29.5 Å². The largest absolute Gasteiger partial charge is 0.476 e. The molecule has 2 amide bonds. The summed E-state index contributed by atoms with van der Waals surface area (Å²) in [6.07, 6.45) is -0.890. The number of thioether (sulfide) groups is 1. The molecule has 0 aromatic heterocycles. The second-order valence-corrected chi connectivity index (χ2v) is 6.51. The number of carbonyl (C=O) groups is 3. The number of carbonyl (C=O) groups excluding carboxylic acids is 2. The molecule has 9 heteroatoms. The van der Waals surface area contributed by atoms with E-state index in [1.165, 1.54) is 19.1 Å². The van der Waals surface area contributed by atoms with Crippen LogP contribution in [0.3, 0.4) is 0 Å². The van der Waals surface area contributed by atoms with Crippen molar-refractivity contribution in [1.82, 2.24) is 4.90 Å². The highest BCUT2D eigenvalue weighted by molar-refractivity contribution is 8.03.